The first-order chi connectivity index (χ1) is 6.50. The van der Waals surface area contributed by atoms with Gasteiger partial charge in [0.05, 0.1) is 5.69 Å². The lowest BCUT2D eigenvalue weighted by molar-refractivity contribution is 0.0944. The standard InChI is InChI=1S/C9H16N4O/c1-6(2)4-11-9(14)8-7(10)5-13(3)12-8/h5-6H,4,10H2,1-3H3,(H,11,14). The molecule has 1 aromatic heterocycles. The Bertz CT molecular complexity index is 330. The van der Waals surface area contributed by atoms with Gasteiger partial charge in [-0.15, -0.1) is 0 Å². The smallest absolute Gasteiger partial charge is 0.273 e. The van der Waals surface area contributed by atoms with Crippen molar-refractivity contribution >= 4 is 11.6 Å². The summed E-state index contributed by atoms with van der Waals surface area (Å²) in [7, 11) is 1.73. The molecule has 0 aliphatic heterocycles. The molecule has 1 rings (SSSR count). The zero-order valence-electron chi connectivity index (χ0n) is 8.74. The minimum absolute atomic E-state index is 0.211. The van der Waals surface area contributed by atoms with Gasteiger partial charge in [0.15, 0.2) is 5.69 Å². The highest BCUT2D eigenvalue weighted by Crippen LogP contribution is 2.07. The molecule has 0 radical (unpaired) electrons. The maximum atomic E-state index is 11.5. The number of nitrogens with zero attached hydrogens (tertiary/aromatic N) is 2. The van der Waals surface area contributed by atoms with Crippen molar-refractivity contribution in [3.63, 3.8) is 0 Å². The number of carbonyl (C=O) groups is 1. The van der Waals surface area contributed by atoms with Crippen LogP contribution in [0.15, 0.2) is 6.20 Å². The third kappa shape index (κ3) is 2.48. The van der Waals surface area contributed by atoms with E-state index in [9.17, 15) is 4.79 Å². The Hall–Kier alpha value is -1.52. The molecule has 0 unspecified atom stereocenters. The Morgan fingerprint density at radius 2 is 2.36 bits per heavy atom. The summed E-state index contributed by atoms with van der Waals surface area (Å²) in [6, 6.07) is 0. The van der Waals surface area contributed by atoms with Gasteiger partial charge >= 0.3 is 0 Å². The van der Waals surface area contributed by atoms with Crippen molar-refractivity contribution in [1.29, 1.82) is 0 Å². The first kappa shape index (κ1) is 10.6. The predicted octanol–water partition coefficient (Wildman–Crippen LogP) is 0.388. The molecule has 0 fully saturated rings. The second-order valence-corrected chi connectivity index (χ2v) is 3.71. The van der Waals surface area contributed by atoms with E-state index in [2.05, 4.69) is 10.4 Å². The van der Waals surface area contributed by atoms with Crippen molar-refractivity contribution in [3.8, 4) is 0 Å². The number of amides is 1. The van der Waals surface area contributed by atoms with E-state index in [0.29, 0.717) is 23.8 Å². The fourth-order valence-corrected chi connectivity index (χ4v) is 1.06. The average Bonchev–Trinajstić information content (AvgIpc) is 2.41. The van der Waals surface area contributed by atoms with Crippen molar-refractivity contribution in [2.24, 2.45) is 13.0 Å². The summed E-state index contributed by atoms with van der Waals surface area (Å²) in [6.45, 7) is 4.69. The molecule has 1 heterocycles. The summed E-state index contributed by atoms with van der Waals surface area (Å²) in [4.78, 5) is 11.5. The molecule has 0 saturated carbocycles. The molecule has 0 aliphatic carbocycles. The van der Waals surface area contributed by atoms with Gasteiger partial charge in [-0.1, -0.05) is 13.8 Å². The largest absolute Gasteiger partial charge is 0.396 e. The van der Waals surface area contributed by atoms with Crippen LogP contribution in [-0.2, 0) is 7.05 Å². The molecule has 0 spiro atoms. The van der Waals surface area contributed by atoms with Crippen LogP contribution in [0.4, 0.5) is 5.69 Å². The Morgan fingerprint density at radius 3 is 2.79 bits per heavy atom. The number of nitrogen functional groups attached to an aromatic ring is 1. The fraction of sp³-hybridized carbons (Fsp3) is 0.556. The van der Waals surface area contributed by atoms with Crippen LogP contribution in [0.3, 0.4) is 0 Å². The van der Waals surface area contributed by atoms with Crippen molar-refractivity contribution in [2.75, 3.05) is 12.3 Å². The number of rotatable bonds is 3. The molecule has 0 aliphatic rings. The van der Waals surface area contributed by atoms with Gasteiger partial charge in [-0.05, 0) is 5.92 Å². The lowest BCUT2D eigenvalue weighted by atomic mass is 10.2. The van der Waals surface area contributed by atoms with Crippen molar-refractivity contribution in [1.82, 2.24) is 15.1 Å². The van der Waals surface area contributed by atoms with Crippen LogP contribution in [-0.4, -0.2) is 22.2 Å². The monoisotopic (exact) mass is 196 g/mol. The second-order valence-electron chi connectivity index (χ2n) is 3.71. The summed E-state index contributed by atoms with van der Waals surface area (Å²) in [5.74, 6) is 0.209. The summed E-state index contributed by atoms with van der Waals surface area (Å²) in [6.07, 6.45) is 1.62. The third-order valence-corrected chi connectivity index (χ3v) is 1.74. The van der Waals surface area contributed by atoms with Crippen LogP contribution < -0.4 is 11.1 Å². The third-order valence-electron chi connectivity index (χ3n) is 1.74. The zero-order chi connectivity index (χ0) is 10.7. The number of nitrogens with one attached hydrogen (secondary N) is 1. The Morgan fingerprint density at radius 1 is 1.71 bits per heavy atom. The maximum absolute atomic E-state index is 11.5. The highest BCUT2D eigenvalue weighted by Gasteiger charge is 2.13. The molecule has 0 aromatic carbocycles. The fourth-order valence-electron chi connectivity index (χ4n) is 1.06. The lowest BCUT2D eigenvalue weighted by Crippen LogP contribution is -2.28. The van der Waals surface area contributed by atoms with E-state index in [0.717, 1.165) is 0 Å². The van der Waals surface area contributed by atoms with E-state index in [1.165, 1.54) is 4.68 Å². The zero-order valence-corrected chi connectivity index (χ0v) is 8.74. The quantitative estimate of drug-likeness (QED) is 0.734. The molecular weight excluding hydrogens is 180 g/mol. The predicted molar refractivity (Wildman–Crippen MR) is 54.8 cm³/mol. The van der Waals surface area contributed by atoms with Crippen molar-refractivity contribution in [2.45, 2.75) is 13.8 Å². The highest BCUT2D eigenvalue weighted by atomic mass is 16.1. The number of anilines is 1. The summed E-state index contributed by atoms with van der Waals surface area (Å²) >= 11 is 0. The van der Waals surface area contributed by atoms with E-state index in [1.807, 2.05) is 13.8 Å². The molecule has 3 N–H and O–H groups in total. The number of nitrogens with two attached hydrogens (primary N) is 1. The second kappa shape index (κ2) is 4.13. The molecule has 5 heteroatoms. The number of aryl methyl sites for hydroxylation is 1. The van der Waals surface area contributed by atoms with Gasteiger partial charge in [0.25, 0.3) is 5.91 Å². The SMILES string of the molecule is CC(C)CNC(=O)c1nn(C)cc1N. The van der Waals surface area contributed by atoms with Crippen LogP contribution in [0.2, 0.25) is 0 Å². The average molecular weight is 196 g/mol. The molecule has 0 saturated heterocycles. The van der Waals surface area contributed by atoms with Gasteiger partial charge in [0.2, 0.25) is 0 Å². The molecule has 14 heavy (non-hydrogen) atoms. The van der Waals surface area contributed by atoms with Crippen LogP contribution in [0.5, 0.6) is 0 Å². The van der Waals surface area contributed by atoms with Gasteiger partial charge < -0.3 is 11.1 Å². The van der Waals surface area contributed by atoms with Gasteiger partial charge in [0.1, 0.15) is 0 Å². The summed E-state index contributed by atoms with van der Waals surface area (Å²) < 4.78 is 1.53. The van der Waals surface area contributed by atoms with E-state index in [-0.39, 0.29) is 5.91 Å². The van der Waals surface area contributed by atoms with Gasteiger partial charge in [-0.2, -0.15) is 5.10 Å². The number of carbonyl (C=O) groups excluding carboxylic acids is 1. The molecule has 1 amide bonds. The van der Waals surface area contributed by atoms with Crippen LogP contribution in [0.1, 0.15) is 24.3 Å². The highest BCUT2D eigenvalue weighted by molar-refractivity contribution is 5.96. The first-order valence-corrected chi connectivity index (χ1v) is 4.58. The Kier molecular flexibility index (Phi) is 3.11. The van der Waals surface area contributed by atoms with Crippen molar-refractivity contribution in [3.05, 3.63) is 11.9 Å². The molecule has 0 atom stereocenters. The number of aromatic nitrogens is 2. The summed E-state index contributed by atoms with van der Waals surface area (Å²) in [5.41, 5.74) is 6.31. The summed E-state index contributed by atoms with van der Waals surface area (Å²) in [5, 5.41) is 6.73. The first-order valence-electron chi connectivity index (χ1n) is 4.58. The Labute approximate surface area is 83.3 Å². The minimum atomic E-state index is -0.211. The lowest BCUT2D eigenvalue weighted by Gasteiger charge is -2.05. The molecule has 78 valence electrons. The molecule has 5 nitrogen and oxygen atoms in total. The van der Waals surface area contributed by atoms with E-state index in [1.54, 1.807) is 13.2 Å². The molecular formula is C9H16N4O. The number of hydrogen-bond donors (Lipinski definition) is 2. The normalized spacial score (nSPS) is 10.6. The maximum Gasteiger partial charge on any atom is 0.273 e. The minimum Gasteiger partial charge on any atom is -0.396 e. The van der Waals surface area contributed by atoms with Crippen LogP contribution >= 0.6 is 0 Å². The van der Waals surface area contributed by atoms with Gasteiger partial charge in [0, 0.05) is 19.8 Å². The topological polar surface area (TPSA) is 72.9 Å². The van der Waals surface area contributed by atoms with E-state index < -0.39 is 0 Å². The van der Waals surface area contributed by atoms with Gasteiger partial charge in [-0.3, -0.25) is 9.48 Å². The Balaban J connectivity index is 2.65. The van der Waals surface area contributed by atoms with Crippen LogP contribution in [0, 0.1) is 5.92 Å². The molecule has 0 bridgehead atoms. The van der Waals surface area contributed by atoms with Crippen LogP contribution in [0.25, 0.3) is 0 Å². The molecule has 1 aromatic rings. The van der Waals surface area contributed by atoms with Crippen molar-refractivity contribution < 1.29 is 4.79 Å². The van der Waals surface area contributed by atoms with Gasteiger partial charge in [-0.25, -0.2) is 0 Å². The van der Waals surface area contributed by atoms with E-state index in [4.69, 9.17) is 5.73 Å². The van der Waals surface area contributed by atoms with E-state index >= 15 is 0 Å². The number of hydrogen-bond acceptors (Lipinski definition) is 3.